The van der Waals surface area contributed by atoms with Crippen LogP contribution in [0.25, 0.3) is 5.70 Å². The van der Waals surface area contributed by atoms with Crippen LogP contribution in [0.5, 0.6) is 5.75 Å². The second kappa shape index (κ2) is 6.59. The summed E-state index contributed by atoms with van der Waals surface area (Å²) in [5.74, 6) is 0.750. The highest BCUT2D eigenvalue weighted by Crippen LogP contribution is 2.32. The minimum atomic E-state index is -2.84. The van der Waals surface area contributed by atoms with Crippen molar-refractivity contribution in [3.05, 3.63) is 77.6 Å². The van der Waals surface area contributed by atoms with E-state index in [1.165, 1.54) is 24.0 Å². The number of benzene rings is 2. The number of ether oxygens (including phenoxy) is 1. The van der Waals surface area contributed by atoms with Crippen LogP contribution in [0.1, 0.15) is 22.7 Å². The number of allylic oxidation sites excluding steroid dienone is 1. The Morgan fingerprint density at radius 3 is 2.50 bits per heavy atom. The predicted octanol–water partition coefficient (Wildman–Crippen LogP) is 4.24. The topological polar surface area (TPSA) is 52.0 Å². The van der Waals surface area contributed by atoms with E-state index in [0.717, 1.165) is 16.8 Å². The summed E-state index contributed by atoms with van der Waals surface area (Å²) >= 11 is 0. The molecule has 26 heavy (non-hydrogen) atoms. The third-order valence-electron chi connectivity index (χ3n) is 4.22. The molecule has 0 aliphatic carbocycles. The number of hydrogen-bond acceptors (Lipinski definition) is 4. The highest BCUT2D eigenvalue weighted by atomic mass is 19.3. The lowest BCUT2D eigenvalue weighted by molar-refractivity contribution is -0.0498. The Hall–Kier alpha value is -3.22. The number of alkyl halides is 2. The van der Waals surface area contributed by atoms with Crippen LogP contribution in [0.15, 0.2) is 60.9 Å². The second-order valence-corrected chi connectivity index (χ2v) is 5.99. The molecule has 4 rings (SSSR count). The van der Waals surface area contributed by atoms with Crippen LogP contribution in [-0.4, -0.2) is 21.4 Å². The normalized spacial score (nSPS) is 16.0. The lowest BCUT2D eigenvalue weighted by Crippen LogP contribution is -2.20. The molecule has 0 bridgehead atoms. The largest absolute Gasteiger partial charge is 0.435 e. The van der Waals surface area contributed by atoms with Gasteiger partial charge in [-0.15, -0.1) is 0 Å². The van der Waals surface area contributed by atoms with Gasteiger partial charge in [0.15, 0.2) is 0 Å². The standard InChI is InChI=1S/C19H16F2N4O/c1-12-2-4-13(5-3-12)16-10-17(25-19(24-16)22-11-23-25)14-6-8-15(9-7-14)26-18(20)21/h2-11,17-18H,1H3,(H,22,23,24)/t17-/m0/s1. The van der Waals surface area contributed by atoms with Gasteiger partial charge in [0, 0.05) is 5.70 Å². The lowest BCUT2D eigenvalue weighted by Gasteiger charge is -2.24. The number of halogens is 2. The van der Waals surface area contributed by atoms with E-state index in [2.05, 4.69) is 20.1 Å². The summed E-state index contributed by atoms with van der Waals surface area (Å²) < 4.78 is 30.8. The summed E-state index contributed by atoms with van der Waals surface area (Å²) in [7, 11) is 0. The number of nitrogens with one attached hydrogen (secondary N) is 1. The van der Waals surface area contributed by atoms with Gasteiger partial charge < -0.3 is 10.1 Å². The minimum Gasteiger partial charge on any atom is -0.435 e. The average molecular weight is 354 g/mol. The van der Waals surface area contributed by atoms with Gasteiger partial charge in [-0.05, 0) is 36.3 Å². The van der Waals surface area contributed by atoms with E-state index >= 15 is 0 Å². The van der Waals surface area contributed by atoms with Crippen molar-refractivity contribution in [2.45, 2.75) is 19.6 Å². The zero-order chi connectivity index (χ0) is 18.1. The van der Waals surface area contributed by atoms with Gasteiger partial charge in [0.2, 0.25) is 5.95 Å². The lowest BCUT2D eigenvalue weighted by atomic mass is 10.0. The second-order valence-electron chi connectivity index (χ2n) is 5.99. The number of fused-ring (bicyclic) bond motifs is 1. The van der Waals surface area contributed by atoms with Crippen LogP contribution >= 0.6 is 0 Å². The van der Waals surface area contributed by atoms with E-state index in [4.69, 9.17) is 0 Å². The maximum absolute atomic E-state index is 12.3. The molecule has 7 heteroatoms. The van der Waals surface area contributed by atoms with Crippen molar-refractivity contribution < 1.29 is 13.5 Å². The van der Waals surface area contributed by atoms with Gasteiger partial charge in [-0.25, -0.2) is 4.68 Å². The third kappa shape index (κ3) is 3.15. The molecule has 1 atom stereocenters. The molecule has 0 radical (unpaired) electrons. The van der Waals surface area contributed by atoms with Crippen molar-refractivity contribution in [3.63, 3.8) is 0 Å². The SMILES string of the molecule is Cc1ccc(C2=C[C@@H](c3ccc(OC(F)F)cc3)n3ncnc3N2)cc1. The van der Waals surface area contributed by atoms with Gasteiger partial charge in [0.05, 0.1) is 0 Å². The summed E-state index contributed by atoms with van der Waals surface area (Å²) in [4.78, 5) is 4.26. The number of anilines is 1. The first-order chi connectivity index (χ1) is 12.6. The van der Waals surface area contributed by atoms with E-state index in [-0.39, 0.29) is 11.8 Å². The predicted molar refractivity (Wildman–Crippen MR) is 94.0 cm³/mol. The third-order valence-corrected chi connectivity index (χ3v) is 4.22. The van der Waals surface area contributed by atoms with Crippen LogP contribution in [-0.2, 0) is 0 Å². The maximum Gasteiger partial charge on any atom is 0.387 e. The molecule has 0 unspecified atom stereocenters. The molecule has 0 saturated heterocycles. The van der Waals surface area contributed by atoms with E-state index in [0.29, 0.717) is 5.95 Å². The smallest absolute Gasteiger partial charge is 0.387 e. The fourth-order valence-corrected chi connectivity index (χ4v) is 2.92. The molecule has 0 fully saturated rings. The van der Waals surface area contributed by atoms with Gasteiger partial charge in [0.25, 0.3) is 0 Å². The molecule has 0 saturated carbocycles. The van der Waals surface area contributed by atoms with Gasteiger partial charge in [-0.2, -0.15) is 18.9 Å². The molecule has 0 spiro atoms. The van der Waals surface area contributed by atoms with Crippen molar-refractivity contribution in [2.75, 3.05) is 5.32 Å². The van der Waals surface area contributed by atoms with Gasteiger partial charge >= 0.3 is 6.61 Å². The molecule has 5 nitrogen and oxygen atoms in total. The van der Waals surface area contributed by atoms with Gasteiger partial charge in [0.1, 0.15) is 18.1 Å². The van der Waals surface area contributed by atoms with Crippen molar-refractivity contribution >= 4 is 11.6 Å². The molecule has 2 aromatic carbocycles. The van der Waals surface area contributed by atoms with E-state index in [9.17, 15) is 8.78 Å². The first-order valence-electron chi connectivity index (χ1n) is 8.10. The van der Waals surface area contributed by atoms with Crippen LogP contribution in [0, 0.1) is 6.92 Å². The number of aryl methyl sites for hydroxylation is 1. The highest BCUT2D eigenvalue weighted by Gasteiger charge is 2.23. The van der Waals surface area contributed by atoms with Crippen molar-refractivity contribution in [1.29, 1.82) is 0 Å². The molecule has 1 aromatic heterocycles. The van der Waals surface area contributed by atoms with Crippen molar-refractivity contribution in [1.82, 2.24) is 14.8 Å². The zero-order valence-electron chi connectivity index (χ0n) is 13.9. The van der Waals surface area contributed by atoms with E-state index in [1.807, 2.05) is 37.3 Å². The number of rotatable bonds is 4. The first kappa shape index (κ1) is 16.3. The molecule has 1 aliphatic heterocycles. The number of aromatic nitrogens is 3. The Balaban J connectivity index is 1.70. The van der Waals surface area contributed by atoms with Crippen molar-refractivity contribution in [3.8, 4) is 5.75 Å². The summed E-state index contributed by atoms with van der Waals surface area (Å²) in [5.41, 5.74) is 4.03. The Kier molecular flexibility index (Phi) is 4.12. The Bertz CT molecular complexity index is 933. The monoisotopic (exact) mass is 354 g/mol. The van der Waals surface area contributed by atoms with Crippen molar-refractivity contribution in [2.24, 2.45) is 0 Å². The van der Waals surface area contributed by atoms with E-state index in [1.54, 1.807) is 16.8 Å². The number of hydrogen-bond donors (Lipinski definition) is 1. The maximum atomic E-state index is 12.3. The van der Waals surface area contributed by atoms with Crippen LogP contribution in [0.4, 0.5) is 14.7 Å². The van der Waals surface area contributed by atoms with E-state index < -0.39 is 6.61 Å². The summed E-state index contributed by atoms with van der Waals surface area (Å²) in [6.45, 7) is -0.802. The molecular weight excluding hydrogens is 338 g/mol. The number of nitrogens with zero attached hydrogens (tertiary/aromatic N) is 3. The van der Waals surface area contributed by atoms with Crippen LogP contribution < -0.4 is 10.1 Å². The summed E-state index contributed by atoms with van der Waals surface area (Å²) in [5, 5.41) is 7.55. The Morgan fingerprint density at radius 1 is 1.08 bits per heavy atom. The fraction of sp³-hybridized carbons (Fsp3) is 0.158. The molecule has 3 aromatic rings. The van der Waals surface area contributed by atoms with Crippen LogP contribution in [0.2, 0.25) is 0 Å². The average Bonchev–Trinajstić information content (AvgIpc) is 3.10. The summed E-state index contributed by atoms with van der Waals surface area (Å²) in [6, 6.07) is 14.5. The van der Waals surface area contributed by atoms with Gasteiger partial charge in [-0.1, -0.05) is 42.0 Å². The molecule has 0 amide bonds. The highest BCUT2D eigenvalue weighted by molar-refractivity contribution is 5.77. The molecule has 1 N–H and O–H groups in total. The fourth-order valence-electron chi connectivity index (χ4n) is 2.92. The minimum absolute atomic E-state index is 0.124. The quantitative estimate of drug-likeness (QED) is 0.761. The molecule has 132 valence electrons. The molecule has 1 aliphatic rings. The first-order valence-corrected chi connectivity index (χ1v) is 8.10. The van der Waals surface area contributed by atoms with Crippen LogP contribution in [0.3, 0.4) is 0 Å². The Labute approximate surface area is 148 Å². The van der Waals surface area contributed by atoms with Gasteiger partial charge in [-0.3, -0.25) is 0 Å². The molecule has 2 heterocycles. The Morgan fingerprint density at radius 2 is 1.81 bits per heavy atom. The molecular formula is C19H16F2N4O. The zero-order valence-corrected chi connectivity index (χ0v) is 13.9. The summed E-state index contributed by atoms with van der Waals surface area (Å²) in [6.07, 6.45) is 3.52.